The predicted octanol–water partition coefficient (Wildman–Crippen LogP) is 2.62. The van der Waals surface area contributed by atoms with E-state index in [2.05, 4.69) is 17.1 Å². The fourth-order valence-corrected chi connectivity index (χ4v) is 1.78. The summed E-state index contributed by atoms with van der Waals surface area (Å²) in [6, 6.07) is 8.72. The van der Waals surface area contributed by atoms with Gasteiger partial charge in [0.05, 0.1) is 19.4 Å². The highest BCUT2D eigenvalue weighted by molar-refractivity contribution is 5.63. The minimum Gasteiger partial charge on any atom is -0.493 e. The topological polar surface area (TPSA) is 64.2 Å². The van der Waals surface area contributed by atoms with Crippen LogP contribution >= 0.6 is 0 Å². The second-order valence-electron chi connectivity index (χ2n) is 4.37. The average molecular weight is 274 g/mol. The molecule has 1 aromatic heterocycles. The molecule has 0 radical (unpaired) electrons. The third-order valence-corrected chi connectivity index (χ3v) is 2.89. The third kappa shape index (κ3) is 3.38. The van der Waals surface area contributed by atoms with E-state index in [4.69, 9.17) is 9.47 Å². The zero-order chi connectivity index (χ0) is 14.4. The van der Waals surface area contributed by atoms with Crippen LogP contribution in [-0.4, -0.2) is 23.9 Å². The monoisotopic (exact) mass is 274 g/mol. The average Bonchev–Trinajstić information content (AvgIpc) is 2.48. The lowest BCUT2D eigenvalue weighted by molar-refractivity contribution is 0.288. The Bertz CT molecular complexity index is 602. The van der Waals surface area contributed by atoms with Crippen molar-refractivity contribution in [2.24, 2.45) is 0 Å². The number of nitrogens with one attached hydrogen (secondary N) is 1. The van der Waals surface area contributed by atoms with Gasteiger partial charge in [-0.15, -0.1) is 0 Å². The molecule has 5 nitrogen and oxygen atoms in total. The molecule has 0 unspecified atom stereocenters. The first-order chi connectivity index (χ1) is 9.74. The van der Waals surface area contributed by atoms with E-state index in [1.807, 2.05) is 18.2 Å². The standard InChI is InChI=1S/C15H18N2O3/c1-3-4-9-20-13-7-5-11(10-14(13)19-2)12-6-8-15(18)17-16-12/h5-8,10H,3-4,9H2,1-2H3,(H,17,18). The van der Waals surface area contributed by atoms with E-state index in [0.717, 1.165) is 18.4 Å². The van der Waals surface area contributed by atoms with Gasteiger partial charge in [-0.05, 0) is 30.7 Å². The molecule has 1 aromatic carbocycles. The number of rotatable bonds is 6. The van der Waals surface area contributed by atoms with Gasteiger partial charge in [0.15, 0.2) is 11.5 Å². The molecule has 0 amide bonds. The molecule has 0 atom stereocenters. The van der Waals surface area contributed by atoms with Crippen molar-refractivity contribution >= 4 is 0 Å². The molecule has 106 valence electrons. The maximum Gasteiger partial charge on any atom is 0.264 e. The van der Waals surface area contributed by atoms with Crippen molar-refractivity contribution in [3.05, 3.63) is 40.7 Å². The Labute approximate surface area is 117 Å². The number of unbranched alkanes of at least 4 members (excludes halogenated alkanes) is 1. The Morgan fingerprint density at radius 3 is 2.70 bits per heavy atom. The first kappa shape index (κ1) is 14.1. The minimum absolute atomic E-state index is 0.222. The SMILES string of the molecule is CCCCOc1ccc(-c2ccc(=O)[nH]n2)cc1OC. The van der Waals surface area contributed by atoms with E-state index < -0.39 is 0 Å². The van der Waals surface area contributed by atoms with Gasteiger partial charge in [0.1, 0.15) is 0 Å². The quantitative estimate of drug-likeness (QED) is 0.822. The lowest BCUT2D eigenvalue weighted by atomic mass is 10.1. The third-order valence-electron chi connectivity index (χ3n) is 2.89. The van der Waals surface area contributed by atoms with Gasteiger partial charge in [-0.3, -0.25) is 4.79 Å². The van der Waals surface area contributed by atoms with Gasteiger partial charge in [0, 0.05) is 11.6 Å². The first-order valence-electron chi connectivity index (χ1n) is 6.61. The van der Waals surface area contributed by atoms with E-state index in [-0.39, 0.29) is 5.56 Å². The van der Waals surface area contributed by atoms with Crippen LogP contribution in [0.25, 0.3) is 11.3 Å². The van der Waals surface area contributed by atoms with Crippen molar-refractivity contribution in [1.82, 2.24) is 10.2 Å². The van der Waals surface area contributed by atoms with Crippen LogP contribution in [0.2, 0.25) is 0 Å². The molecular weight excluding hydrogens is 256 g/mol. The molecular formula is C15H18N2O3. The van der Waals surface area contributed by atoms with E-state index in [1.54, 1.807) is 13.2 Å². The van der Waals surface area contributed by atoms with Crippen LogP contribution in [-0.2, 0) is 0 Å². The van der Waals surface area contributed by atoms with E-state index in [1.165, 1.54) is 6.07 Å². The van der Waals surface area contributed by atoms with Gasteiger partial charge in [0.2, 0.25) is 0 Å². The molecule has 0 aliphatic heterocycles. The number of H-pyrrole nitrogens is 1. The molecule has 0 spiro atoms. The zero-order valence-electron chi connectivity index (χ0n) is 11.7. The van der Waals surface area contributed by atoms with Crippen LogP contribution < -0.4 is 15.0 Å². The smallest absolute Gasteiger partial charge is 0.264 e. The number of aromatic nitrogens is 2. The van der Waals surface area contributed by atoms with Gasteiger partial charge in [0.25, 0.3) is 5.56 Å². The highest BCUT2D eigenvalue weighted by Gasteiger charge is 2.08. The summed E-state index contributed by atoms with van der Waals surface area (Å²) in [5.41, 5.74) is 1.32. The van der Waals surface area contributed by atoms with E-state index >= 15 is 0 Å². The van der Waals surface area contributed by atoms with Crippen molar-refractivity contribution in [2.75, 3.05) is 13.7 Å². The second kappa shape index (κ2) is 6.75. The number of hydrogen-bond donors (Lipinski definition) is 1. The summed E-state index contributed by atoms with van der Waals surface area (Å²) in [4.78, 5) is 11.0. The predicted molar refractivity (Wildman–Crippen MR) is 77.2 cm³/mol. The lowest BCUT2D eigenvalue weighted by Gasteiger charge is -2.11. The van der Waals surface area contributed by atoms with Crippen LogP contribution in [0.15, 0.2) is 35.1 Å². The summed E-state index contributed by atoms with van der Waals surface area (Å²) in [5.74, 6) is 1.38. The van der Waals surface area contributed by atoms with Gasteiger partial charge < -0.3 is 9.47 Å². The zero-order valence-corrected chi connectivity index (χ0v) is 11.7. The number of benzene rings is 1. The molecule has 0 aliphatic rings. The van der Waals surface area contributed by atoms with E-state index in [9.17, 15) is 4.79 Å². The van der Waals surface area contributed by atoms with Gasteiger partial charge >= 0.3 is 0 Å². The van der Waals surface area contributed by atoms with Crippen molar-refractivity contribution in [2.45, 2.75) is 19.8 Å². The van der Waals surface area contributed by atoms with Crippen molar-refractivity contribution < 1.29 is 9.47 Å². The summed E-state index contributed by atoms with van der Waals surface area (Å²) in [6.45, 7) is 2.79. The van der Waals surface area contributed by atoms with Crippen molar-refractivity contribution in [3.63, 3.8) is 0 Å². The van der Waals surface area contributed by atoms with Crippen molar-refractivity contribution in [1.29, 1.82) is 0 Å². The minimum atomic E-state index is -0.222. The van der Waals surface area contributed by atoms with Crippen LogP contribution in [0, 0.1) is 0 Å². The molecule has 1 heterocycles. The van der Waals surface area contributed by atoms with Crippen LogP contribution in [0.1, 0.15) is 19.8 Å². The normalized spacial score (nSPS) is 10.3. The maximum atomic E-state index is 11.0. The van der Waals surface area contributed by atoms with E-state index in [0.29, 0.717) is 23.8 Å². The van der Waals surface area contributed by atoms with Crippen LogP contribution in [0.5, 0.6) is 11.5 Å². The fraction of sp³-hybridized carbons (Fsp3) is 0.333. The number of hydrogen-bond acceptors (Lipinski definition) is 4. The fourth-order valence-electron chi connectivity index (χ4n) is 1.78. The summed E-state index contributed by atoms with van der Waals surface area (Å²) < 4.78 is 11.0. The highest BCUT2D eigenvalue weighted by Crippen LogP contribution is 2.31. The maximum absolute atomic E-state index is 11.0. The number of ether oxygens (including phenoxy) is 2. The summed E-state index contributed by atoms with van der Waals surface area (Å²) >= 11 is 0. The van der Waals surface area contributed by atoms with Gasteiger partial charge in [-0.2, -0.15) is 5.10 Å². The largest absolute Gasteiger partial charge is 0.493 e. The molecule has 0 saturated heterocycles. The number of methoxy groups -OCH3 is 1. The van der Waals surface area contributed by atoms with Crippen LogP contribution in [0.4, 0.5) is 0 Å². The second-order valence-corrected chi connectivity index (χ2v) is 4.37. The molecule has 2 aromatic rings. The summed E-state index contributed by atoms with van der Waals surface area (Å²) in [6.07, 6.45) is 2.09. The first-order valence-corrected chi connectivity index (χ1v) is 6.61. The molecule has 5 heteroatoms. The molecule has 0 fully saturated rings. The summed E-state index contributed by atoms with van der Waals surface area (Å²) in [5, 5.41) is 6.41. The number of aromatic amines is 1. The van der Waals surface area contributed by atoms with Gasteiger partial charge in [-0.25, -0.2) is 5.10 Å². The summed E-state index contributed by atoms with van der Waals surface area (Å²) in [7, 11) is 1.60. The molecule has 0 bridgehead atoms. The highest BCUT2D eigenvalue weighted by atomic mass is 16.5. The Balaban J connectivity index is 2.24. The van der Waals surface area contributed by atoms with Crippen molar-refractivity contribution in [3.8, 4) is 22.8 Å². The molecule has 1 N–H and O–H groups in total. The molecule has 2 rings (SSSR count). The Morgan fingerprint density at radius 2 is 2.05 bits per heavy atom. The molecule has 0 saturated carbocycles. The lowest BCUT2D eigenvalue weighted by Crippen LogP contribution is -2.05. The van der Waals surface area contributed by atoms with Gasteiger partial charge in [-0.1, -0.05) is 13.3 Å². The molecule has 0 aliphatic carbocycles. The Morgan fingerprint density at radius 1 is 1.20 bits per heavy atom. The number of nitrogens with zero attached hydrogens (tertiary/aromatic N) is 1. The Kier molecular flexibility index (Phi) is 4.76. The van der Waals surface area contributed by atoms with Crippen LogP contribution in [0.3, 0.4) is 0 Å². The Hall–Kier alpha value is -2.30. The molecule has 20 heavy (non-hydrogen) atoms.